The molecule has 0 aliphatic heterocycles. The van der Waals surface area contributed by atoms with E-state index >= 15 is 0 Å². The standard InChI is InChI=1S/2C27H31.C4H11Si.2ClH.Zr/c2*1-2-9-22(10-3-1)23-13-15-24(16-14-23)26-12-6-11-25-18-21(19-27(25)26)17-20-7-4-5-8-20;1-3-4-5-2;;;/h2*6,11-16,18-20,22H,1-5,7-10,17H2;5H,3-4H2,1-2H3;2*1H;/q;;;;;+2/p-2. The summed E-state index contributed by atoms with van der Waals surface area (Å²) in [5.74, 6) is 1.20. The van der Waals surface area contributed by atoms with E-state index in [1.54, 1.807) is 11.1 Å². The van der Waals surface area contributed by atoms with Crippen molar-refractivity contribution in [3.8, 4) is 22.3 Å². The number of fused-ring (bicyclic) bond motifs is 2. The van der Waals surface area contributed by atoms with E-state index in [1.165, 1.54) is 184 Å². The van der Waals surface area contributed by atoms with Crippen LogP contribution in [0.5, 0.6) is 0 Å². The first kappa shape index (κ1) is 43.9. The van der Waals surface area contributed by atoms with E-state index in [9.17, 15) is 17.0 Å². The number of benzene rings is 4. The Morgan fingerprint density at radius 1 is 0.500 bits per heavy atom. The Balaban J connectivity index is 1.11. The number of allylic oxidation sites excluding steroid dienone is 2. The van der Waals surface area contributed by atoms with E-state index < -0.39 is 21.5 Å². The summed E-state index contributed by atoms with van der Waals surface area (Å²) in [7, 11) is 18.6. The first-order valence-corrected chi connectivity index (χ1v) is 41.7. The summed E-state index contributed by atoms with van der Waals surface area (Å²) < 4.78 is 0.317. The van der Waals surface area contributed by atoms with E-state index in [4.69, 9.17) is 0 Å². The van der Waals surface area contributed by atoms with Gasteiger partial charge in [-0.25, -0.2) is 0 Å². The molecule has 0 heterocycles. The van der Waals surface area contributed by atoms with Gasteiger partial charge in [0.2, 0.25) is 0 Å². The molecule has 62 heavy (non-hydrogen) atoms. The third-order valence-corrected chi connectivity index (χ3v) is 68.1. The summed E-state index contributed by atoms with van der Waals surface area (Å²) in [6, 6.07) is 35.3. The van der Waals surface area contributed by atoms with Gasteiger partial charge in [0.05, 0.1) is 0 Å². The van der Waals surface area contributed by atoms with Gasteiger partial charge in [0, 0.05) is 0 Å². The number of halogens is 2. The van der Waals surface area contributed by atoms with Gasteiger partial charge in [-0.05, 0) is 0 Å². The summed E-state index contributed by atoms with van der Waals surface area (Å²) in [6.07, 6.45) is 33.3. The van der Waals surface area contributed by atoms with Gasteiger partial charge in [0.25, 0.3) is 0 Å². The van der Waals surface area contributed by atoms with Gasteiger partial charge >= 0.3 is 388 Å². The van der Waals surface area contributed by atoms with Crippen LogP contribution in [0.4, 0.5) is 0 Å². The first-order valence-electron chi connectivity index (χ1n) is 25.7. The topological polar surface area (TPSA) is 0 Å². The van der Waals surface area contributed by atoms with Crippen LogP contribution in [0.15, 0.2) is 96.1 Å². The summed E-state index contributed by atoms with van der Waals surface area (Å²) in [5.41, 5.74) is 17.6. The SMILES string of the molecule is CCC[SiH](C)[Zr]([Cl])([Cl])([CH]1C(CC2CCCC2)=Cc2c(-c3ccc(C4CCCCC4)cc3)cccc21)[CH]1C(CC2CCCC2)=Cc2c(-c3ccc(C4CCCCC4)cc3)cccc21. The summed E-state index contributed by atoms with van der Waals surface area (Å²) in [5, 5.41) is 0. The number of hydrogen-bond acceptors (Lipinski definition) is 0. The second-order valence-corrected chi connectivity index (χ2v) is 62.8. The van der Waals surface area contributed by atoms with Gasteiger partial charge in [-0.3, -0.25) is 0 Å². The first-order chi connectivity index (χ1) is 30.3. The quantitative estimate of drug-likeness (QED) is 0.117. The van der Waals surface area contributed by atoms with Crippen molar-refractivity contribution in [3.63, 3.8) is 0 Å². The number of rotatable bonds is 13. The predicted octanol–water partition coefficient (Wildman–Crippen LogP) is 18.6. The van der Waals surface area contributed by atoms with Crippen LogP contribution in [0.3, 0.4) is 0 Å². The van der Waals surface area contributed by atoms with Gasteiger partial charge < -0.3 is 0 Å². The van der Waals surface area contributed by atoms with E-state index in [0.717, 1.165) is 36.5 Å². The fourth-order valence-corrected chi connectivity index (χ4v) is 55.6. The van der Waals surface area contributed by atoms with Crippen molar-refractivity contribution in [2.45, 2.75) is 173 Å². The molecule has 0 bridgehead atoms. The minimum atomic E-state index is -5.06. The third-order valence-electron chi connectivity index (χ3n) is 17.7. The van der Waals surface area contributed by atoms with Crippen LogP contribution in [-0.4, -0.2) is 5.92 Å². The average molecular weight is 960 g/mol. The van der Waals surface area contributed by atoms with Gasteiger partial charge in [0.15, 0.2) is 0 Å². The molecule has 3 atom stereocenters. The van der Waals surface area contributed by atoms with Crippen molar-refractivity contribution >= 4 is 35.1 Å². The molecular weight excluding hydrogens is 887 g/mol. The van der Waals surface area contributed by atoms with Crippen molar-refractivity contribution in [2.75, 3.05) is 0 Å². The zero-order valence-corrected chi connectivity index (χ0v) is 43.2. The zero-order valence-electron chi connectivity index (χ0n) is 38.1. The third kappa shape index (κ3) is 8.28. The molecule has 6 aliphatic rings. The Kier molecular flexibility index (Phi) is 13.3. The Morgan fingerprint density at radius 3 is 1.27 bits per heavy atom. The summed E-state index contributed by atoms with van der Waals surface area (Å²) in [6.45, 7) is 5.04. The van der Waals surface area contributed by atoms with Crippen LogP contribution in [0.1, 0.15) is 194 Å². The molecule has 4 aromatic rings. The number of hydrogen-bond donors (Lipinski definition) is 0. The van der Waals surface area contributed by atoms with Crippen LogP contribution < -0.4 is 0 Å². The molecule has 6 aliphatic carbocycles. The molecule has 10 rings (SSSR count). The van der Waals surface area contributed by atoms with Gasteiger partial charge in [-0.1, -0.05) is 0 Å². The fourth-order valence-electron chi connectivity index (χ4n) is 14.4. The summed E-state index contributed by atoms with van der Waals surface area (Å²) >= 11 is -5.06. The van der Waals surface area contributed by atoms with Crippen molar-refractivity contribution < 1.29 is 15.6 Å². The van der Waals surface area contributed by atoms with Crippen LogP contribution in [0, 0.1) is 11.8 Å². The molecule has 327 valence electrons. The molecule has 0 nitrogen and oxygen atoms in total. The minimum absolute atomic E-state index is 0.159. The molecule has 0 amide bonds. The zero-order chi connectivity index (χ0) is 42.3. The van der Waals surface area contributed by atoms with E-state index in [1.807, 2.05) is 0 Å². The Morgan fingerprint density at radius 2 is 0.887 bits per heavy atom. The van der Waals surface area contributed by atoms with Crippen LogP contribution in [-0.2, 0) is 15.6 Å². The van der Waals surface area contributed by atoms with Gasteiger partial charge in [0.1, 0.15) is 0 Å². The molecule has 4 aromatic carbocycles. The van der Waals surface area contributed by atoms with Gasteiger partial charge in [-0.2, -0.15) is 0 Å². The van der Waals surface area contributed by atoms with Crippen LogP contribution >= 0.6 is 17.0 Å². The van der Waals surface area contributed by atoms with E-state index in [2.05, 4.69) is 111 Å². The second-order valence-electron chi connectivity index (χ2n) is 21.5. The van der Waals surface area contributed by atoms with Crippen molar-refractivity contribution in [1.29, 1.82) is 0 Å². The monoisotopic (exact) mass is 957 g/mol. The molecule has 0 N–H and O–H groups in total. The Hall–Kier alpha value is -1.96. The molecule has 0 spiro atoms. The van der Waals surface area contributed by atoms with Crippen molar-refractivity contribution in [3.05, 3.63) is 129 Å². The second kappa shape index (κ2) is 18.7. The average Bonchev–Trinajstić information content (AvgIpc) is 4.15. The van der Waals surface area contributed by atoms with Crippen LogP contribution in [0.2, 0.25) is 12.6 Å². The molecule has 0 saturated heterocycles. The normalized spacial score (nSPS) is 23.8. The molecular formula is C58H73Cl2SiZr. The predicted molar refractivity (Wildman–Crippen MR) is 270 cm³/mol. The molecule has 4 heteroatoms. The maximum atomic E-state index is 9.32. The van der Waals surface area contributed by atoms with E-state index in [0.29, 0.717) is 0 Å². The molecule has 0 aromatic heterocycles. The molecule has 4 saturated carbocycles. The van der Waals surface area contributed by atoms with Gasteiger partial charge in [-0.15, -0.1) is 0 Å². The maximum absolute atomic E-state index is 9.32. The summed E-state index contributed by atoms with van der Waals surface area (Å²) in [4.78, 5) is 0. The van der Waals surface area contributed by atoms with Crippen molar-refractivity contribution in [1.82, 2.24) is 0 Å². The Labute approximate surface area is 384 Å². The fraction of sp³-hybridized carbons (Fsp3) is 0.517. The van der Waals surface area contributed by atoms with Crippen molar-refractivity contribution in [2.24, 2.45) is 11.8 Å². The molecule has 4 fully saturated rings. The van der Waals surface area contributed by atoms with E-state index in [-0.39, 0.29) is 7.25 Å². The molecule has 3 unspecified atom stereocenters. The Bertz CT molecular complexity index is 2110. The molecule has 0 radical (unpaired) electrons. The van der Waals surface area contributed by atoms with Crippen LogP contribution in [0.25, 0.3) is 34.4 Å².